The summed E-state index contributed by atoms with van der Waals surface area (Å²) in [6, 6.07) is 3.26. The molecule has 1 aromatic heterocycles. The second kappa shape index (κ2) is 9.83. The fraction of sp³-hybridized carbons (Fsp3) is 0.478. The lowest BCUT2D eigenvalue weighted by Gasteiger charge is -2.42. The topological polar surface area (TPSA) is 117 Å². The first kappa shape index (κ1) is 23.3. The molecule has 1 aliphatic rings. The lowest BCUT2D eigenvalue weighted by Crippen LogP contribution is -2.51. The van der Waals surface area contributed by atoms with Gasteiger partial charge in [0.05, 0.1) is 36.1 Å². The van der Waals surface area contributed by atoms with Crippen LogP contribution in [0.4, 0.5) is 0 Å². The summed E-state index contributed by atoms with van der Waals surface area (Å²) in [5.74, 6) is 4.60. The normalized spacial score (nSPS) is 24.8. The summed E-state index contributed by atoms with van der Waals surface area (Å²) < 4.78 is 21.6. The zero-order valence-corrected chi connectivity index (χ0v) is 18.6. The number of nitrogens with one attached hydrogen (secondary N) is 1. The molecule has 3 rings (SSSR count). The van der Waals surface area contributed by atoms with Crippen molar-refractivity contribution in [1.82, 2.24) is 10.2 Å². The van der Waals surface area contributed by atoms with E-state index in [9.17, 15) is 14.4 Å². The van der Waals surface area contributed by atoms with E-state index in [0.29, 0.717) is 22.0 Å². The van der Waals surface area contributed by atoms with Crippen LogP contribution in [0.5, 0.6) is 0 Å². The minimum Gasteiger partial charge on any atom is -0.465 e. The minimum absolute atomic E-state index is 0.0429. The number of ether oxygens (including phenoxy) is 4. The summed E-state index contributed by atoms with van der Waals surface area (Å²) in [5.41, 5.74) is 1.51. The molecule has 2 aromatic rings. The number of nitrogens with zero attached hydrogens (tertiary/aromatic N) is 1. The second-order valence-corrected chi connectivity index (χ2v) is 7.81. The fourth-order valence-electron chi connectivity index (χ4n) is 3.71. The van der Waals surface area contributed by atoms with Crippen molar-refractivity contribution in [3.8, 4) is 11.8 Å². The van der Waals surface area contributed by atoms with Gasteiger partial charge in [0.1, 0.15) is 12.7 Å². The van der Waals surface area contributed by atoms with E-state index in [1.54, 1.807) is 18.3 Å². The molecule has 32 heavy (non-hydrogen) atoms. The first-order chi connectivity index (χ1) is 15.2. The summed E-state index contributed by atoms with van der Waals surface area (Å²) in [6.45, 7) is 6.64. The molecule has 2 heterocycles. The predicted molar refractivity (Wildman–Crippen MR) is 113 cm³/mol. The monoisotopic (exact) mass is 442 g/mol. The number of aromatic amines is 1. The number of esters is 3. The molecule has 0 amide bonds. The van der Waals surface area contributed by atoms with Gasteiger partial charge in [0.15, 0.2) is 6.10 Å². The molecular weight excluding hydrogens is 416 g/mol. The Kier molecular flexibility index (Phi) is 7.15. The highest BCUT2D eigenvalue weighted by atomic mass is 16.6. The number of H-pyrrole nitrogens is 1. The van der Waals surface area contributed by atoms with Crippen LogP contribution in [0.3, 0.4) is 0 Å². The number of benzene rings is 1. The third-order valence-electron chi connectivity index (χ3n) is 5.63. The van der Waals surface area contributed by atoms with Crippen LogP contribution in [0.2, 0.25) is 0 Å². The highest BCUT2D eigenvalue weighted by molar-refractivity contribution is 5.96. The lowest BCUT2D eigenvalue weighted by atomic mass is 9.81. The maximum absolute atomic E-state index is 12.0. The Labute approximate surface area is 185 Å². The average molecular weight is 442 g/mol. The van der Waals surface area contributed by atoms with E-state index in [0.717, 1.165) is 0 Å². The molecule has 0 bridgehead atoms. The molecule has 0 aliphatic carbocycles. The Morgan fingerprint density at radius 1 is 1.16 bits per heavy atom. The number of carbonyl (C=O) groups is 3. The molecule has 1 N–H and O–H groups in total. The summed E-state index contributed by atoms with van der Waals surface area (Å²) in [4.78, 5) is 35.0. The molecule has 1 aliphatic heterocycles. The Hall–Kier alpha value is -3.38. The molecule has 1 saturated heterocycles. The molecule has 0 spiro atoms. The van der Waals surface area contributed by atoms with Crippen LogP contribution in [0.15, 0.2) is 18.3 Å². The van der Waals surface area contributed by atoms with Crippen molar-refractivity contribution < 1.29 is 33.3 Å². The first-order valence-corrected chi connectivity index (χ1v) is 10.2. The number of hydrogen-bond donors (Lipinski definition) is 1. The van der Waals surface area contributed by atoms with Crippen LogP contribution in [-0.2, 0) is 28.5 Å². The van der Waals surface area contributed by atoms with Crippen molar-refractivity contribution in [2.24, 2.45) is 11.8 Å². The van der Waals surface area contributed by atoms with Gasteiger partial charge in [0, 0.05) is 25.2 Å². The van der Waals surface area contributed by atoms with E-state index in [1.807, 2.05) is 13.8 Å². The van der Waals surface area contributed by atoms with Crippen LogP contribution in [-0.4, -0.2) is 60.1 Å². The summed E-state index contributed by atoms with van der Waals surface area (Å²) in [6.07, 6.45) is -0.187. The van der Waals surface area contributed by atoms with Crippen molar-refractivity contribution in [3.05, 3.63) is 29.5 Å². The average Bonchev–Trinajstić information content (AvgIpc) is 3.23. The molecule has 1 fully saturated rings. The van der Waals surface area contributed by atoms with Gasteiger partial charge in [-0.1, -0.05) is 25.7 Å². The van der Waals surface area contributed by atoms with Gasteiger partial charge in [-0.25, -0.2) is 4.79 Å². The SMILES string of the molecule is COC(=O)c1cc(C#C[C@H]2O[C@H](COC(C)=O)[C@@H](C)[C@H](C)[C@@H]2OC(C)=O)c2[nH]ncc2c1. The molecule has 0 radical (unpaired) electrons. The van der Waals surface area contributed by atoms with Crippen LogP contribution in [0.1, 0.15) is 43.6 Å². The Morgan fingerprint density at radius 3 is 2.56 bits per heavy atom. The molecule has 9 heteroatoms. The summed E-state index contributed by atoms with van der Waals surface area (Å²) in [7, 11) is 1.30. The molecule has 170 valence electrons. The van der Waals surface area contributed by atoms with Crippen molar-refractivity contribution >= 4 is 28.8 Å². The summed E-state index contributed by atoms with van der Waals surface area (Å²) >= 11 is 0. The third kappa shape index (κ3) is 5.08. The third-order valence-corrected chi connectivity index (χ3v) is 5.63. The summed E-state index contributed by atoms with van der Waals surface area (Å²) in [5, 5.41) is 7.59. The molecule has 5 atom stereocenters. The van der Waals surface area contributed by atoms with Gasteiger partial charge < -0.3 is 18.9 Å². The zero-order chi connectivity index (χ0) is 23.4. The van der Waals surface area contributed by atoms with E-state index in [4.69, 9.17) is 18.9 Å². The second-order valence-electron chi connectivity index (χ2n) is 7.81. The van der Waals surface area contributed by atoms with E-state index >= 15 is 0 Å². The molecule has 9 nitrogen and oxygen atoms in total. The lowest BCUT2D eigenvalue weighted by molar-refractivity contribution is -0.191. The number of fused-ring (bicyclic) bond motifs is 1. The maximum Gasteiger partial charge on any atom is 0.337 e. The van der Waals surface area contributed by atoms with Crippen molar-refractivity contribution in [2.75, 3.05) is 13.7 Å². The maximum atomic E-state index is 12.0. The van der Waals surface area contributed by atoms with Crippen LogP contribution in [0.25, 0.3) is 10.9 Å². The van der Waals surface area contributed by atoms with Crippen LogP contribution in [0, 0.1) is 23.7 Å². The number of hydrogen-bond acceptors (Lipinski definition) is 8. The largest absolute Gasteiger partial charge is 0.465 e. The van der Waals surface area contributed by atoms with Gasteiger partial charge in [0.2, 0.25) is 0 Å². The quantitative estimate of drug-likeness (QED) is 0.435. The van der Waals surface area contributed by atoms with Crippen molar-refractivity contribution in [1.29, 1.82) is 0 Å². The molecular formula is C23H26N2O7. The number of rotatable bonds is 4. The predicted octanol–water partition coefficient (Wildman–Crippen LogP) is 2.24. The van der Waals surface area contributed by atoms with E-state index in [-0.39, 0.29) is 18.4 Å². The van der Waals surface area contributed by atoms with Gasteiger partial charge in [-0.2, -0.15) is 5.10 Å². The minimum atomic E-state index is -0.759. The smallest absolute Gasteiger partial charge is 0.337 e. The van der Waals surface area contributed by atoms with E-state index in [2.05, 4.69) is 22.0 Å². The van der Waals surface area contributed by atoms with Crippen molar-refractivity contribution in [3.63, 3.8) is 0 Å². The molecule has 0 unspecified atom stereocenters. The van der Waals surface area contributed by atoms with Gasteiger partial charge in [0.25, 0.3) is 0 Å². The molecule has 0 saturated carbocycles. The van der Waals surface area contributed by atoms with Crippen molar-refractivity contribution in [2.45, 2.75) is 46.0 Å². The van der Waals surface area contributed by atoms with Crippen LogP contribution >= 0.6 is 0 Å². The Morgan fingerprint density at radius 2 is 1.91 bits per heavy atom. The molecule has 1 aromatic carbocycles. The van der Waals surface area contributed by atoms with E-state index < -0.39 is 36.2 Å². The Bertz CT molecular complexity index is 1080. The van der Waals surface area contributed by atoms with E-state index in [1.165, 1.54) is 21.0 Å². The van der Waals surface area contributed by atoms with Gasteiger partial charge in [-0.05, 0) is 18.1 Å². The van der Waals surface area contributed by atoms with Gasteiger partial charge in [-0.15, -0.1) is 0 Å². The Balaban J connectivity index is 1.97. The number of aromatic nitrogens is 2. The standard InChI is InChI=1S/C23H26N2O7/c1-12-13(2)22(31-15(4)27)19(32-20(12)11-30-14(3)26)7-6-16-8-17(23(28)29-5)9-18-10-24-25-21(16)18/h8-10,12-13,19-20,22H,11H2,1-5H3,(H,24,25)/t12-,13-,19+,20+,22-/m0/s1. The zero-order valence-electron chi connectivity index (χ0n) is 18.6. The number of methoxy groups -OCH3 is 1. The first-order valence-electron chi connectivity index (χ1n) is 10.2. The van der Waals surface area contributed by atoms with Gasteiger partial charge in [-0.3, -0.25) is 14.7 Å². The highest BCUT2D eigenvalue weighted by Crippen LogP contribution is 2.33. The van der Waals surface area contributed by atoms with Gasteiger partial charge >= 0.3 is 17.9 Å². The number of carbonyl (C=O) groups excluding carboxylic acids is 3. The highest BCUT2D eigenvalue weighted by Gasteiger charge is 2.43. The van der Waals surface area contributed by atoms with Crippen LogP contribution < -0.4 is 0 Å². The fourth-order valence-corrected chi connectivity index (χ4v) is 3.71.